The van der Waals surface area contributed by atoms with Crippen LogP contribution in [-0.2, 0) is 11.8 Å². The van der Waals surface area contributed by atoms with Gasteiger partial charge in [0.1, 0.15) is 5.75 Å². The van der Waals surface area contributed by atoms with Gasteiger partial charge < -0.3 is 4.74 Å². The average molecular weight is 361 g/mol. The van der Waals surface area contributed by atoms with Crippen LogP contribution < -0.4 is 4.74 Å². The summed E-state index contributed by atoms with van der Waals surface area (Å²) in [5.74, 6) is 0.824. The summed E-state index contributed by atoms with van der Waals surface area (Å²) < 4.78 is 5.88. The molecule has 0 spiro atoms. The van der Waals surface area contributed by atoms with E-state index in [0.717, 1.165) is 55.6 Å². The lowest BCUT2D eigenvalue weighted by molar-refractivity contribution is 0.399. The van der Waals surface area contributed by atoms with Crippen molar-refractivity contribution in [1.82, 2.24) is 0 Å². The van der Waals surface area contributed by atoms with E-state index in [-0.39, 0.29) is 5.41 Å². The molecule has 3 rings (SSSR count). The number of hydrogen-bond acceptors (Lipinski definition) is 1. The van der Waals surface area contributed by atoms with Crippen molar-refractivity contribution in [2.45, 2.75) is 39.5 Å². The Hall–Kier alpha value is -1.44. The smallest absolute Gasteiger partial charge is 0.132 e. The van der Waals surface area contributed by atoms with Gasteiger partial charge in [-0.2, -0.15) is 0 Å². The summed E-state index contributed by atoms with van der Waals surface area (Å²) in [4.78, 5) is 0. The summed E-state index contributed by atoms with van der Waals surface area (Å²) in [7, 11) is 1.71. The molecule has 0 unspecified atom stereocenters. The van der Waals surface area contributed by atoms with Gasteiger partial charge >= 0.3 is 0 Å². The Kier molecular flexibility index (Phi) is 4.44. The molecule has 0 radical (unpaired) electrons. The predicted octanol–water partition coefficient (Wildman–Crippen LogP) is 6.84. The highest BCUT2D eigenvalue weighted by molar-refractivity contribution is 6.51. The second kappa shape index (κ2) is 6.13. The lowest BCUT2D eigenvalue weighted by Gasteiger charge is -2.28. The van der Waals surface area contributed by atoms with Crippen molar-refractivity contribution in [2.24, 2.45) is 0 Å². The van der Waals surface area contributed by atoms with Crippen LogP contribution in [0.5, 0.6) is 5.75 Å². The molecule has 1 aliphatic carbocycles. The van der Waals surface area contributed by atoms with Crippen LogP contribution in [0.1, 0.15) is 44.4 Å². The number of rotatable bonds is 2. The van der Waals surface area contributed by atoms with E-state index in [9.17, 15) is 0 Å². The molecule has 0 bridgehead atoms. The zero-order chi connectivity index (χ0) is 17.6. The molecular weight excluding hydrogens is 339 g/mol. The van der Waals surface area contributed by atoms with Crippen LogP contribution in [0.2, 0.25) is 5.02 Å². The van der Waals surface area contributed by atoms with Gasteiger partial charge in [-0.15, -0.1) is 0 Å². The molecule has 0 fully saturated rings. The van der Waals surface area contributed by atoms with E-state index in [0.29, 0.717) is 0 Å². The van der Waals surface area contributed by atoms with Crippen LogP contribution >= 0.6 is 23.2 Å². The summed E-state index contributed by atoms with van der Waals surface area (Å²) in [5.41, 5.74) is 6.34. The van der Waals surface area contributed by atoms with E-state index < -0.39 is 0 Å². The van der Waals surface area contributed by atoms with E-state index >= 15 is 0 Å². The summed E-state index contributed by atoms with van der Waals surface area (Å²) in [5, 5.41) is 1.58. The zero-order valence-corrected chi connectivity index (χ0v) is 16.3. The van der Waals surface area contributed by atoms with Gasteiger partial charge in [0, 0.05) is 21.7 Å². The normalized spacial score (nSPS) is 14.1. The average Bonchev–Trinajstić information content (AvgIpc) is 2.83. The Morgan fingerprint density at radius 3 is 2.17 bits per heavy atom. The first-order chi connectivity index (χ1) is 11.3. The van der Waals surface area contributed by atoms with E-state index in [1.165, 1.54) is 0 Å². The third kappa shape index (κ3) is 2.64. The van der Waals surface area contributed by atoms with Gasteiger partial charge in [-0.05, 0) is 35.5 Å². The van der Waals surface area contributed by atoms with Crippen LogP contribution in [-0.4, -0.2) is 7.11 Å². The van der Waals surface area contributed by atoms with Gasteiger partial charge in [0.25, 0.3) is 0 Å². The number of ether oxygens (including phenoxy) is 1. The Morgan fingerprint density at radius 1 is 1.00 bits per heavy atom. The molecule has 3 heteroatoms. The quantitative estimate of drug-likeness (QED) is 0.569. The second-order valence-electron chi connectivity index (χ2n) is 7.34. The molecular formula is C21H22Cl2O. The summed E-state index contributed by atoms with van der Waals surface area (Å²) in [6.07, 6.45) is 0.792. The van der Waals surface area contributed by atoms with E-state index in [1.807, 2.05) is 18.2 Å². The fraction of sp³-hybridized carbons (Fsp3) is 0.333. The monoisotopic (exact) mass is 360 g/mol. The standard InChI is InChI=1S/C21H22Cl2O/c1-12-11-14-16(18(12)22)15(13-9-7-6-8-10-13)20(24-5)17(19(14)23)21(2,3)4/h6-10H,11H2,1-5H3. The minimum atomic E-state index is -0.135. The van der Waals surface area contributed by atoms with E-state index in [2.05, 4.69) is 39.8 Å². The Morgan fingerprint density at radius 2 is 1.62 bits per heavy atom. The number of halogens is 2. The minimum Gasteiger partial charge on any atom is -0.496 e. The maximum atomic E-state index is 6.85. The molecule has 24 heavy (non-hydrogen) atoms. The Balaban J connectivity index is 2.49. The second-order valence-corrected chi connectivity index (χ2v) is 8.09. The van der Waals surface area contributed by atoms with Gasteiger partial charge in [-0.3, -0.25) is 0 Å². The first-order valence-electron chi connectivity index (χ1n) is 8.11. The molecule has 0 atom stereocenters. The van der Waals surface area contributed by atoms with Crippen molar-refractivity contribution >= 4 is 28.2 Å². The van der Waals surface area contributed by atoms with E-state index in [1.54, 1.807) is 7.11 Å². The molecule has 0 saturated carbocycles. The van der Waals surface area contributed by atoms with Crippen molar-refractivity contribution in [3.05, 3.63) is 57.6 Å². The lowest BCUT2D eigenvalue weighted by atomic mass is 9.81. The fourth-order valence-corrected chi connectivity index (χ4v) is 4.27. The number of allylic oxidation sites excluding steroid dienone is 1. The van der Waals surface area contributed by atoms with Gasteiger partial charge in [0.05, 0.1) is 12.1 Å². The third-order valence-corrected chi connectivity index (χ3v) is 5.47. The number of methoxy groups -OCH3 is 1. The molecule has 0 saturated heterocycles. The molecule has 0 aromatic heterocycles. The first-order valence-corrected chi connectivity index (χ1v) is 8.86. The summed E-state index contributed by atoms with van der Waals surface area (Å²) in [6, 6.07) is 10.3. The molecule has 0 aliphatic heterocycles. The van der Waals surface area contributed by atoms with Crippen LogP contribution in [0.4, 0.5) is 0 Å². The molecule has 0 amide bonds. The van der Waals surface area contributed by atoms with Gasteiger partial charge in [0.15, 0.2) is 0 Å². The number of benzene rings is 2. The van der Waals surface area contributed by atoms with Crippen molar-refractivity contribution in [3.63, 3.8) is 0 Å². The molecule has 2 aromatic carbocycles. The number of hydrogen-bond donors (Lipinski definition) is 0. The van der Waals surface area contributed by atoms with Gasteiger partial charge in [-0.25, -0.2) is 0 Å². The number of fused-ring (bicyclic) bond motifs is 1. The highest BCUT2D eigenvalue weighted by Crippen LogP contribution is 2.53. The molecule has 0 heterocycles. The first kappa shape index (κ1) is 17.4. The molecule has 1 aliphatic rings. The van der Waals surface area contributed by atoms with Gasteiger partial charge in [0.2, 0.25) is 0 Å². The lowest BCUT2D eigenvalue weighted by Crippen LogP contribution is -2.16. The molecule has 0 N–H and O–H groups in total. The third-order valence-electron chi connectivity index (χ3n) is 4.54. The zero-order valence-electron chi connectivity index (χ0n) is 14.8. The van der Waals surface area contributed by atoms with Gasteiger partial charge in [-0.1, -0.05) is 74.3 Å². The van der Waals surface area contributed by atoms with Crippen molar-refractivity contribution in [3.8, 4) is 16.9 Å². The minimum absolute atomic E-state index is 0.135. The van der Waals surface area contributed by atoms with Crippen molar-refractivity contribution < 1.29 is 4.74 Å². The SMILES string of the molecule is COc1c(-c2ccccc2)c2c(c(Cl)c1C(C)(C)C)CC(C)=C2Cl. The Labute approximate surface area is 154 Å². The predicted molar refractivity (Wildman–Crippen MR) is 104 cm³/mol. The fourth-order valence-electron chi connectivity index (χ4n) is 3.47. The van der Waals surface area contributed by atoms with Crippen LogP contribution in [0, 0.1) is 0 Å². The molecule has 1 nitrogen and oxygen atoms in total. The van der Waals surface area contributed by atoms with Crippen molar-refractivity contribution in [1.29, 1.82) is 0 Å². The topological polar surface area (TPSA) is 9.23 Å². The van der Waals surface area contributed by atoms with Crippen LogP contribution in [0.25, 0.3) is 16.2 Å². The molecule has 126 valence electrons. The maximum absolute atomic E-state index is 6.85. The summed E-state index contributed by atoms with van der Waals surface area (Å²) >= 11 is 13.5. The van der Waals surface area contributed by atoms with Crippen LogP contribution in [0.15, 0.2) is 35.9 Å². The Bertz CT molecular complexity index is 827. The largest absolute Gasteiger partial charge is 0.496 e. The highest BCUT2D eigenvalue weighted by Gasteiger charge is 2.34. The van der Waals surface area contributed by atoms with E-state index in [4.69, 9.17) is 27.9 Å². The maximum Gasteiger partial charge on any atom is 0.132 e. The molecule has 2 aromatic rings. The summed E-state index contributed by atoms with van der Waals surface area (Å²) in [6.45, 7) is 8.55. The van der Waals surface area contributed by atoms with Crippen LogP contribution in [0.3, 0.4) is 0 Å². The highest BCUT2D eigenvalue weighted by atomic mass is 35.5. The van der Waals surface area contributed by atoms with Crippen molar-refractivity contribution in [2.75, 3.05) is 7.11 Å².